The summed E-state index contributed by atoms with van der Waals surface area (Å²) in [6, 6.07) is 0. The summed E-state index contributed by atoms with van der Waals surface area (Å²) in [5.74, 6) is 1.61. The molecule has 3 heteroatoms. The number of rotatable bonds is 4. The smallest absolute Gasteiger partial charge is 0.155 e. The molecule has 0 unspecified atom stereocenters. The van der Waals surface area contributed by atoms with Gasteiger partial charge in [-0.1, -0.05) is 39.0 Å². The summed E-state index contributed by atoms with van der Waals surface area (Å²) in [5.41, 5.74) is 0. The predicted octanol–water partition coefficient (Wildman–Crippen LogP) is 5.18. The fourth-order valence-electron chi connectivity index (χ4n) is 3.62. The van der Waals surface area contributed by atoms with E-state index in [4.69, 9.17) is 23.2 Å². The molecule has 2 fully saturated rings. The molecule has 0 aromatic rings. The van der Waals surface area contributed by atoms with Crippen molar-refractivity contribution in [2.45, 2.75) is 75.5 Å². The first-order valence-electron chi connectivity index (χ1n) is 7.91. The van der Waals surface area contributed by atoms with Crippen molar-refractivity contribution >= 4 is 29.0 Å². The van der Waals surface area contributed by atoms with E-state index < -0.39 is 5.38 Å². The van der Waals surface area contributed by atoms with Crippen molar-refractivity contribution in [1.82, 2.24) is 0 Å². The molecule has 2 atom stereocenters. The van der Waals surface area contributed by atoms with Crippen LogP contribution in [0.25, 0.3) is 0 Å². The molecule has 2 rings (SSSR count). The molecule has 0 N–H and O–H groups in total. The highest BCUT2D eigenvalue weighted by Gasteiger charge is 2.36. The van der Waals surface area contributed by atoms with Crippen molar-refractivity contribution in [3.8, 4) is 0 Å². The Hall–Kier alpha value is 0.250. The Balaban J connectivity index is 1.86. The van der Waals surface area contributed by atoms with Crippen LogP contribution >= 0.6 is 23.2 Å². The van der Waals surface area contributed by atoms with Crippen LogP contribution in [0.15, 0.2) is 0 Å². The Morgan fingerprint density at radius 2 is 1.53 bits per heavy atom. The molecule has 0 radical (unpaired) electrons. The third-order valence-corrected chi connectivity index (χ3v) is 6.29. The van der Waals surface area contributed by atoms with E-state index in [0.29, 0.717) is 5.92 Å². The van der Waals surface area contributed by atoms with Crippen molar-refractivity contribution in [2.24, 2.45) is 17.8 Å². The van der Waals surface area contributed by atoms with Crippen LogP contribution in [0.1, 0.15) is 64.7 Å². The normalized spacial score (nSPS) is 32.8. The number of ketones is 1. The van der Waals surface area contributed by atoms with Crippen LogP contribution in [-0.2, 0) is 4.79 Å². The Morgan fingerprint density at radius 1 is 0.947 bits per heavy atom. The molecule has 2 aliphatic rings. The largest absolute Gasteiger partial charge is 0.298 e. The van der Waals surface area contributed by atoms with Gasteiger partial charge in [0.15, 0.2) is 5.78 Å². The van der Waals surface area contributed by atoms with Crippen LogP contribution in [0, 0.1) is 17.8 Å². The average Bonchev–Trinajstić information content (AvgIpc) is 2.46. The highest BCUT2D eigenvalue weighted by atomic mass is 35.5. The van der Waals surface area contributed by atoms with Gasteiger partial charge in [-0.25, -0.2) is 0 Å². The van der Waals surface area contributed by atoms with Crippen molar-refractivity contribution in [3.63, 3.8) is 0 Å². The van der Waals surface area contributed by atoms with Gasteiger partial charge < -0.3 is 0 Å². The molecule has 0 bridgehead atoms. The lowest BCUT2D eigenvalue weighted by molar-refractivity contribution is -0.123. The third-order valence-electron chi connectivity index (χ3n) is 5.07. The maximum absolute atomic E-state index is 12.5. The van der Waals surface area contributed by atoms with E-state index in [0.717, 1.165) is 44.4 Å². The summed E-state index contributed by atoms with van der Waals surface area (Å²) in [4.78, 5) is 12.5. The van der Waals surface area contributed by atoms with Gasteiger partial charge in [-0.05, 0) is 37.5 Å². The molecule has 0 aromatic carbocycles. The Bertz CT molecular complexity index is 291. The highest BCUT2D eigenvalue weighted by Crippen LogP contribution is 2.36. The Labute approximate surface area is 127 Å². The first kappa shape index (κ1) is 15.6. The van der Waals surface area contributed by atoms with Crippen molar-refractivity contribution in [2.75, 3.05) is 0 Å². The highest BCUT2D eigenvalue weighted by molar-refractivity contribution is 6.38. The molecular weight excluding hydrogens is 279 g/mol. The number of carbonyl (C=O) groups is 1. The number of Topliss-reactive ketones (excluding diaryl/α,β-unsaturated/α-hetero) is 1. The van der Waals surface area contributed by atoms with E-state index in [1.165, 1.54) is 19.3 Å². The SMILES string of the molecule is CC1CCC(C(=O)[C@H](Cl)[C@@H](Cl)C2CCCCC2)CC1. The van der Waals surface area contributed by atoms with Crippen LogP contribution < -0.4 is 0 Å². The van der Waals surface area contributed by atoms with Gasteiger partial charge >= 0.3 is 0 Å². The van der Waals surface area contributed by atoms with Gasteiger partial charge in [-0.15, -0.1) is 23.2 Å². The van der Waals surface area contributed by atoms with E-state index in [2.05, 4.69) is 6.92 Å². The lowest BCUT2D eigenvalue weighted by Gasteiger charge is -2.31. The van der Waals surface area contributed by atoms with Crippen LogP contribution in [0.5, 0.6) is 0 Å². The van der Waals surface area contributed by atoms with Gasteiger partial charge in [0.2, 0.25) is 0 Å². The minimum Gasteiger partial charge on any atom is -0.298 e. The Kier molecular flexibility index (Phi) is 6.02. The van der Waals surface area contributed by atoms with Gasteiger partial charge in [0.1, 0.15) is 5.38 Å². The topological polar surface area (TPSA) is 17.1 Å². The number of hydrogen-bond acceptors (Lipinski definition) is 1. The van der Waals surface area contributed by atoms with Gasteiger partial charge in [-0.2, -0.15) is 0 Å². The fourth-order valence-corrected chi connectivity index (χ4v) is 4.38. The second-order valence-corrected chi connectivity index (χ2v) is 7.58. The molecular formula is C16H26Cl2O. The standard InChI is InChI=1S/C16H26Cl2O/c1-11-7-9-13(10-8-11)16(19)15(18)14(17)12-5-3-2-4-6-12/h11-15H,2-10H2,1H3/t11?,13?,14-,15+/m0/s1. The summed E-state index contributed by atoms with van der Waals surface area (Å²) in [7, 11) is 0. The summed E-state index contributed by atoms with van der Waals surface area (Å²) in [5, 5.41) is -0.628. The lowest BCUT2D eigenvalue weighted by atomic mass is 9.78. The fraction of sp³-hybridized carbons (Fsp3) is 0.938. The molecule has 0 spiro atoms. The summed E-state index contributed by atoms with van der Waals surface area (Å²) < 4.78 is 0. The molecule has 0 heterocycles. The number of carbonyl (C=O) groups excluding carboxylic acids is 1. The van der Waals surface area contributed by atoms with Crippen LogP contribution in [0.2, 0.25) is 0 Å². The zero-order valence-electron chi connectivity index (χ0n) is 11.9. The molecule has 0 saturated heterocycles. The predicted molar refractivity (Wildman–Crippen MR) is 82.0 cm³/mol. The van der Waals surface area contributed by atoms with E-state index in [9.17, 15) is 4.79 Å². The van der Waals surface area contributed by atoms with Gasteiger partial charge in [0.25, 0.3) is 0 Å². The molecule has 2 saturated carbocycles. The number of hydrogen-bond donors (Lipinski definition) is 0. The first-order chi connectivity index (χ1) is 9.09. The lowest BCUT2D eigenvalue weighted by Crippen LogP contribution is -2.37. The van der Waals surface area contributed by atoms with E-state index in [1.807, 2.05) is 0 Å². The average molecular weight is 305 g/mol. The van der Waals surface area contributed by atoms with Crippen molar-refractivity contribution in [3.05, 3.63) is 0 Å². The number of halogens is 2. The summed E-state index contributed by atoms with van der Waals surface area (Å²) in [6.45, 7) is 2.27. The van der Waals surface area contributed by atoms with Crippen molar-refractivity contribution < 1.29 is 4.79 Å². The molecule has 2 aliphatic carbocycles. The van der Waals surface area contributed by atoms with Gasteiger partial charge in [-0.3, -0.25) is 4.79 Å². The van der Waals surface area contributed by atoms with Crippen LogP contribution in [0.4, 0.5) is 0 Å². The second kappa shape index (κ2) is 7.31. The third kappa shape index (κ3) is 4.11. The van der Waals surface area contributed by atoms with E-state index in [-0.39, 0.29) is 17.1 Å². The summed E-state index contributed by atoms with van der Waals surface area (Å²) >= 11 is 12.9. The number of alkyl halides is 2. The minimum atomic E-state index is -0.469. The zero-order valence-corrected chi connectivity index (χ0v) is 13.4. The summed E-state index contributed by atoms with van der Waals surface area (Å²) in [6.07, 6.45) is 10.4. The molecule has 1 nitrogen and oxygen atoms in total. The van der Waals surface area contributed by atoms with Gasteiger partial charge in [0.05, 0.1) is 5.38 Å². The van der Waals surface area contributed by atoms with E-state index in [1.54, 1.807) is 0 Å². The maximum atomic E-state index is 12.5. The van der Waals surface area contributed by atoms with Crippen LogP contribution in [0.3, 0.4) is 0 Å². The molecule has 0 amide bonds. The molecule has 0 aromatic heterocycles. The molecule has 19 heavy (non-hydrogen) atoms. The first-order valence-corrected chi connectivity index (χ1v) is 8.78. The zero-order chi connectivity index (χ0) is 13.8. The molecule has 0 aliphatic heterocycles. The maximum Gasteiger partial charge on any atom is 0.155 e. The Morgan fingerprint density at radius 3 is 2.11 bits per heavy atom. The monoisotopic (exact) mass is 304 g/mol. The quantitative estimate of drug-likeness (QED) is 0.654. The molecule has 110 valence electrons. The van der Waals surface area contributed by atoms with Gasteiger partial charge in [0, 0.05) is 5.92 Å². The van der Waals surface area contributed by atoms with Crippen LogP contribution in [-0.4, -0.2) is 16.5 Å². The van der Waals surface area contributed by atoms with E-state index >= 15 is 0 Å². The minimum absolute atomic E-state index is 0.159. The second-order valence-electron chi connectivity index (χ2n) is 6.60. The van der Waals surface area contributed by atoms with Crippen molar-refractivity contribution in [1.29, 1.82) is 0 Å².